The molecule has 11 heavy (non-hydrogen) atoms. The highest BCUT2D eigenvalue weighted by Gasteiger charge is 2.05. The van der Waals surface area contributed by atoms with Crippen LogP contribution in [0.2, 0.25) is 0 Å². The van der Waals surface area contributed by atoms with Crippen LogP contribution in [-0.4, -0.2) is 18.7 Å². The normalized spacial score (nSPS) is 12.9. The minimum atomic E-state index is -0.332. The standard InChI is InChI=1S/C9H13NO/c1-10-7-9(11)8-5-3-2-4-6-8/h2-6,9-11H,7H2,1H3/p+1. The maximum Gasteiger partial charge on any atom is 0.128 e. The molecule has 1 atom stereocenters. The molecule has 0 heterocycles. The lowest BCUT2D eigenvalue weighted by atomic mass is 10.1. The van der Waals surface area contributed by atoms with Gasteiger partial charge < -0.3 is 10.4 Å². The fraction of sp³-hybridized carbons (Fsp3) is 0.333. The van der Waals surface area contributed by atoms with Crippen LogP contribution >= 0.6 is 0 Å². The van der Waals surface area contributed by atoms with Crippen LogP contribution < -0.4 is 5.32 Å². The predicted octanol–water partition coefficient (Wildman–Crippen LogP) is -0.0868. The molecule has 0 saturated heterocycles. The minimum Gasteiger partial charge on any atom is -0.382 e. The number of likely N-dealkylation sites (N-methyl/N-ethyl adjacent to an activating group) is 1. The summed E-state index contributed by atoms with van der Waals surface area (Å²) in [4.78, 5) is 0. The molecule has 1 aromatic carbocycles. The fourth-order valence-electron chi connectivity index (χ4n) is 1.03. The monoisotopic (exact) mass is 152 g/mol. The molecular weight excluding hydrogens is 138 g/mol. The Labute approximate surface area is 66.9 Å². The Morgan fingerprint density at radius 2 is 2.00 bits per heavy atom. The summed E-state index contributed by atoms with van der Waals surface area (Å²) in [6.07, 6.45) is -0.332. The molecule has 0 aliphatic heterocycles. The maximum absolute atomic E-state index is 9.49. The molecule has 0 saturated carbocycles. The summed E-state index contributed by atoms with van der Waals surface area (Å²) in [7, 11) is 1.95. The molecule has 0 amide bonds. The van der Waals surface area contributed by atoms with Crippen molar-refractivity contribution in [3.8, 4) is 0 Å². The average Bonchev–Trinajstić information content (AvgIpc) is 2.07. The molecule has 3 N–H and O–H groups in total. The number of aliphatic hydroxyl groups is 1. The van der Waals surface area contributed by atoms with Crippen LogP contribution in [0.3, 0.4) is 0 Å². The third-order valence-corrected chi connectivity index (χ3v) is 1.64. The second-order valence-corrected chi connectivity index (χ2v) is 2.57. The highest BCUT2D eigenvalue weighted by Crippen LogP contribution is 2.08. The molecule has 0 spiro atoms. The van der Waals surface area contributed by atoms with Gasteiger partial charge in [-0.15, -0.1) is 0 Å². The van der Waals surface area contributed by atoms with E-state index in [9.17, 15) is 5.11 Å². The van der Waals surface area contributed by atoms with Gasteiger partial charge in [-0.25, -0.2) is 0 Å². The Morgan fingerprint density at radius 3 is 2.55 bits per heavy atom. The van der Waals surface area contributed by atoms with E-state index in [-0.39, 0.29) is 6.10 Å². The maximum atomic E-state index is 9.49. The second kappa shape index (κ2) is 4.11. The van der Waals surface area contributed by atoms with Gasteiger partial charge >= 0.3 is 0 Å². The van der Waals surface area contributed by atoms with Crippen molar-refractivity contribution >= 4 is 0 Å². The van der Waals surface area contributed by atoms with Crippen LogP contribution in [0.25, 0.3) is 0 Å². The Bertz CT molecular complexity index is 198. The lowest BCUT2D eigenvalue weighted by molar-refractivity contribution is -0.634. The molecule has 0 aliphatic carbocycles. The summed E-state index contributed by atoms with van der Waals surface area (Å²) in [5.74, 6) is 0. The zero-order valence-electron chi connectivity index (χ0n) is 6.70. The number of nitrogens with two attached hydrogens (primary N) is 1. The lowest BCUT2D eigenvalue weighted by Gasteiger charge is -2.06. The molecule has 2 nitrogen and oxygen atoms in total. The van der Waals surface area contributed by atoms with Crippen molar-refractivity contribution in [2.45, 2.75) is 6.10 Å². The van der Waals surface area contributed by atoms with E-state index < -0.39 is 0 Å². The van der Waals surface area contributed by atoms with Crippen molar-refractivity contribution in [1.82, 2.24) is 0 Å². The van der Waals surface area contributed by atoms with E-state index in [1.807, 2.05) is 42.7 Å². The molecule has 0 aromatic heterocycles. The van der Waals surface area contributed by atoms with E-state index in [4.69, 9.17) is 0 Å². The Balaban J connectivity index is 2.61. The fourth-order valence-corrected chi connectivity index (χ4v) is 1.03. The largest absolute Gasteiger partial charge is 0.382 e. The summed E-state index contributed by atoms with van der Waals surface area (Å²) in [5.41, 5.74) is 0.991. The van der Waals surface area contributed by atoms with Gasteiger partial charge in [-0.1, -0.05) is 30.3 Å². The van der Waals surface area contributed by atoms with Crippen molar-refractivity contribution in [3.63, 3.8) is 0 Å². The van der Waals surface area contributed by atoms with Gasteiger partial charge in [0, 0.05) is 0 Å². The number of quaternary nitrogens is 1. The molecule has 1 aromatic rings. The first-order valence-electron chi connectivity index (χ1n) is 3.85. The summed E-state index contributed by atoms with van der Waals surface area (Å²) < 4.78 is 0. The number of aliphatic hydroxyl groups excluding tert-OH is 1. The first-order valence-corrected chi connectivity index (χ1v) is 3.85. The van der Waals surface area contributed by atoms with Crippen LogP contribution in [0.4, 0.5) is 0 Å². The first kappa shape index (κ1) is 8.24. The van der Waals surface area contributed by atoms with E-state index in [2.05, 4.69) is 0 Å². The van der Waals surface area contributed by atoms with E-state index in [0.29, 0.717) is 0 Å². The predicted molar refractivity (Wildman–Crippen MR) is 44.1 cm³/mol. The van der Waals surface area contributed by atoms with E-state index in [1.165, 1.54) is 0 Å². The third-order valence-electron chi connectivity index (χ3n) is 1.64. The van der Waals surface area contributed by atoms with Crippen LogP contribution in [0.5, 0.6) is 0 Å². The van der Waals surface area contributed by atoms with Gasteiger partial charge in [-0.2, -0.15) is 0 Å². The Kier molecular flexibility index (Phi) is 3.08. The van der Waals surface area contributed by atoms with Gasteiger partial charge in [-0.3, -0.25) is 0 Å². The van der Waals surface area contributed by atoms with Crippen LogP contribution in [-0.2, 0) is 0 Å². The van der Waals surface area contributed by atoms with Crippen molar-refractivity contribution in [1.29, 1.82) is 0 Å². The van der Waals surface area contributed by atoms with Gasteiger partial charge in [-0.05, 0) is 5.56 Å². The van der Waals surface area contributed by atoms with Gasteiger partial charge in [0.25, 0.3) is 0 Å². The number of hydrogen-bond acceptors (Lipinski definition) is 1. The van der Waals surface area contributed by atoms with Crippen molar-refractivity contribution in [3.05, 3.63) is 35.9 Å². The zero-order chi connectivity index (χ0) is 8.10. The molecule has 60 valence electrons. The number of hydrogen-bond donors (Lipinski definition) is 2. The van der Waals surface area contributed by atoms with Crippen LogP contribution in [0, 0.1) is 0 Å². The molecule has 1 rings (SSSR count). The van der Waals surface area contributed by atoms with Crippen molar-refractivity contribution in [2.75, 3.05) is 13.6 Å². The Morgan fingerprint density at radius 1 is 1.36 bits per heavy atom. The Hall–Kier alpha value is -0.860. The number of rotatable bonds is 3. The molecule has 1 unspecified atom stereocenters. The lowest BCUT2D eigenvalue weighted by Crippen LogP contribution is -2.80. The molecule has 0 fully saturated rings. The number of benzene rings is 1. The van der Waals surface area contributed by atoms with Gasteiger partial charge in [0.15, 0.2) is 0 Å². The summed E-state index contributed by atoms with van der Waals surface area (Å²) >= 11 is 0. The van der Waals surface area contributed by atoms with Crippen molar-refractivity contribution < 1.29 is 10.4 Å². The zero-order valence-corrected chi connectivity index (χ0v) is 6.70. The summed E-state index contributed by atoms with van der Waals surface area (Å²) in [5, 5.41) is 11.5. The van der Waals surface area contributed by atoms with Crippen LogP contribution in [0.1, 0.15) is 11.7 Å². The molecular formula is C9H14NO+. The summed E-state index contributed by atoms with van der Waals surface area (Å²) in [6, 6.07) is 9.70. The molecule has 0 bridgehead atoms. The average molecular weight is 152 g/mol. The highest BCUT2D eigenvalue weighted by atomic mass is 16.3. The van der Waals surface area contributed by atoms with E-state index >= 15 is 0 Å². The molecule has 2 heteroatoms. The van der Waals surface area contributed by atoms with E-state index in [0.717, 1.165) is 12.1 Å². The highest BCUT2D eigenvalue weighted by molar-refractivity contribution is 5.16. The van der Waals surface area contributed by atoms with Gasteiger partial charge in [0.1, 0.15) is 12.6 Å². The summed E-state index contributed by atoms with van der Waals surface area (Å²) in [6.45, 7) is 0.726. The molecule has 0 radical (unpaired) electrons. The smallest absolute Gasteiger partial charge is 0.128 e. The first-order chi connectivity index (χ1) is 5.34. The van der Waals surface area contributed by atoms with Gasteiger partial charge in [0.2, 0.25) is 0 Å². The van der Waals surface area contributed by atoms with Crippen LogP contribution in [0.15, 0.2) is 30.3 Å². The second-order valence-electron chi connectivity index (χ2n) is 2.57. The third kappa shape index (κ3) is 2.33. The topological polar surface area (TPSA) is 36.8 Å². The van der Waals surface area contributed by atoms with Crippen molar-refractivity contribution in [2.24, 2.45) is 0 Å². The molecule has 0 aliphatic rings. The minimum absolute atomic E-state index is 0.332. The quantitative estimate of drug-likeness (QED) is 0.624. The SMILES string of the molecule is C[NH2+]CC(O)c1ccccc1. The van der Waals surface area contributed by atoms with Gasteiger partial charge in [0.05, 0.1) is 7.05 Å². The van der Waals surface area contributed by atoms with E-state index in [1.54, 1.807) is 0 Å².